The third-order valence-electron chi connectivity index (χ3n) is 5.84. The second-order valence-electron chi connectivity index (χ2n) is 7.90. The highest BCUT2D eigenvalue weighted by Gasteiger charge is 2.29. The van der Waals surface area contributed by atoms with Gasteiger partial charge in [0.05, 0.1) is 16.8 Å². The monoisotopic (exact) mass is 411 g/mol. The molecule has 0 spiro atoms. The van der Waals surface area contributed by atoms with Gasteiger partial charge in [0.25, 0.3) is 0 Å². The predicted molar refractivity (Wildman–Crippen MR) is 116 cm³/mol. The molecule has 0 radical (unpaired) electrons. The van der Waals surface area contributed by atoms with E-state index in [1.807, 2.05) is 57.3 Å². The zero-order valence-corrected chi connectivity index (χ0v) is 17.8. The van der Waals surface area contributed by atoms with Crippen LogP contribution < -0.4 is 5.32 Å². The molecule has 0 bridgehead atoms. The minimum atomic E-state index is -0.220. The molecule has 4 rings (SSSR count). The topological polar surface area (TPSA) is 62.5 Å². The highest BCUT2D eigenvalue weighted by atomic mass is 35.5. The number of aromatic nitrogens is 3. The van der Waals surface area contributed by atoms with E-state index in [2.05, 4.69) is 24.8 Å². The van der Waals surface area contributed by atoms with Crippen LogP contribution in [0.15, 0.2) is 36.5 Å². The molecule has 29 heavy (non-hydrogen) atoms. The molecule has 1 saturated heterocycles. The minimum absolute atomic E-state index is 0.0229. The number of piperidine rings is 1. The van der Waals surface area contributed by atoms with Crippen LogP contribution in [0.3, 0.4) is 0 Å². The van der Waals surface area contributed by atoms with Gasteiger partial charge in [-0.15, -0.1) is 10.2 Å². The van der Waals surface area contributed by atoms with Gasteiger partial charge in [0.15, 0.2) is 5.65 Å². The van der Waals surface area contributed by atoms with Crippen LogP contribution in [0.5, 0.6) is 0 Å². The Kier molecular flexibility index (Phi) is 5.56. The summed E-state index contributed by atoms with van der Waals surface area (Å²) in [6.07, 6.45) is 3.93. The third kappa shape index (κ3) is 4.00. The zero-order chi connectivity index (χ0) is 20.5. The Balaban J connectivity index is 1.40. The smallest absolute Gasteiger partial charge is 0.241 e. The molecule has 1 aromatic carbocycles. The first-order chi connectivity index (χ1) is 13.9. The van der Waals surface area contributed by atoms with Crippen LogP contribution in [0, 0.1) is 13.8 Å². The molecule has 3 heterocycles. The lowest BCUT2D eigenvalue weighted by atomic mass is 9.95. The molecule has 2 aromatic heterocycles. The fourth-order valence-electron chi connectivity index (χ4n) is 4.15. The molecule has 1 atom stereocenters. The van der Waals surface area contributed by atoms with Crippen molar-refractivity contribution in [2.45, 2.75) is 45.6 Å². The van der Waals surface area contributed by atoms with Crippen molar-refractivity contribution < 1.29 is 4.79 Å². The van der Waals surface area contributed by atoms with Crippen LogP contribution >= 0.6 is 11.6 Å². The Morgan fingerprint density at radius 1 is 1.21 bits per heavy atom. The molecular formula is C22H26ClN5O. The fraction of sp³-hybridized carbons (Fsp3) is 0.409. The molecule has 0 aliphatic carbocycles. The number of nitrogens with one attached hydrogen (secondary N) is 1. The van der Waals surface area contributed by atoms with Gasteiger partial charge in [-0.25, -0.2) is 0 Å². The molecule has 1 amide bonds. The number of aryl methyl sites for hydroxylation is 2. The maximum atomic E-state index is 12.8. The maximum absolute atomic E-state index is 12.8. The number of halogens is 1. The Bertz CT molecular complexity index is 1020. The van der Waals surface area contributed by atoms with E-state index in [1.165, 1.54) is 0 Å². The van der Waals surface area contributed by atoms with E-state index < -0.39 is 0 Å². The number of benzene rings is 1. The molecular weight excluding hydrogens is 386 g/mol. The van der Waals surface area contributed by atoms with Gasteiger partial charge in [0.1, 0.15) is 5.82 Å². The second kappa shape index (κ2) is 8.13. The van der Waals surface area contributed by atoms with Gasteiger partial charge in [0.2, 0.25) is 5.91 Å². The summed E-state index contributed by atoms with van der Waals surface area (Å²) in [6, 6.07) is 9.63. The first kappa shape index (κ1) is 19.9. The molecule has 1 N–H and O–H groups in total. The van der Waals surface area contributed by atoms with Gasteiger partial charge in [-0.1, -0.05) is 23.7 Å². The number of pyridine rings is 1. The molecule has 152 valence electrons. The first-order valence-electron chi connectivity index (χ1n) is 10.1. The molecule has 6 nitrogen and oxygen atoms in total. The number of rotatable bonds is 4. The van der Waals surface area contributed by atoms with Gasteiger partial charge in [-0.05, 0) is 76.0 Å². The van der Waals surface area contributed by atoms with Gasteiger partial charge in [-0.2, -0.15) is 0 Å². The van der Waals surface area contributed by atoms with Crippen molar-refractivity contribution in [2.24, 2.45) is 0 Å². The molecule has 1 fully saturated rings. The largest absolute Gasteiger partial charge is 0.323 e. The van der Waals surface area contributed by atoms with E-state index in [4.69, 9.17) is 11.6 Å². The minimum Gasteiger partial charge on any atom is -0.323 e. The van der Waals surface area contributed by atoms with E-state index in [-0.39, 0.29) is 11.9 Å². The second-order valence-corrected chi connectivity index (χ2v) is 8.31. The molecule has 1 aliphatic rings. The summed E-state index contributed by atoms with van der Waals surface area (Å²) in [6.45, 7) is 7.62. The number of hydrogen-bond acceptors (Lipinski definition) is 4. The number of nitrogens with zero attached hydrogens (tertiary/aromatic N) is 4. The van der Waals surface area contributed by atoms with E-state index in [9.17, 15) is 4.79 Å². The van der Waals surface area contributed by atoms with E-state index in [1.54, 1.807) is 0 Å². The molecule has 1 unspecified atom stereocenters. The lowest BCUT2D eigenvalue weighted by Crippen LogP contribution is -2.46. The van der Waals surface area contributed by atoms with E-state index in [0.717, 1.165) is 48.5 Å². The van der Waals surface area contributed by atoms with Gasteiger partial charge < -0.3 is 5.32 Å². The molecule has 0 saturated carbocycles. The predicted octanol–water partition coefficient (Wildman–Crippen LogP) is 4.21. The number of carbonyl (C=O) groups is 1. The summed E-state index contributed by atoms with van der Waals surface area (Å²) in [5.41, 5.74) is 3.65. The number of fused-ring (bicyclic) bond motifs is 1. The van der Waals surface area contributed by atoms with Gasteiger partial charge in [-0.3, -0.25) is 14.1 Å². The van der Waals surface area contributed by atoms with Crippen molar-refractivity contribution in [1.82, 2.24) is 19.5 Å². The van der Waals surface area contributed by atoms with Crippen LogP contribution in [-0.4, -0.2) is 44.5 Å². The highest BCUT2D eigenvalue weighted by Crippen LogP contribution is 2.30. The number of carbonyl (C=O) groups excluding carboxylic acids is 1. The Labute approximate surface area is 175 Å². The van der Waals surface area contributed by atoms with Crippen LogP contribution in [0.2, 0.25) is 5.02 Å². The standard InChI is InChI=1S/C22H26ClN5O/c1-14-12-15(2)20(18(23)13-14)24-22(29)16(3)27-10-7-17(8-11-27)21-26-25-19-6-4-5-9-28(19)21/h4-6,9,12-13,16-17H,7-8,10-11H2,1-3H3,(H,24,29). The summed E-state index contributed by atoms with van der Waals surface area (Å²) in [4.78, 5) is 15.1. The van der Waals surface area contributed by atoms with Gasteiger partial charge in [0, 0.05) is 12.1 Å². The van der Waals surface area contributed by atoms with E-state index >= 15 is 0 Å². The summed E-state index contributed by atoms with van der Waals surface area (Å²) >= 11 is 6.35. The van der Waals surface area contributed by atoms with Crippen molar-refractivity contribution in [1.29, 1.82) is 0 Å². The van der Waals surface area contributed by atoms with E-state index in [0.29, 0.717) is 16.6 Å². The average Bonchev–Trinajstić information content (AvgIpc) is 3.14. The lowest BCUT2D eigenvalue weighted by molar-refractivity contribution is -0.121. The molecule has 3 aromatic rings. The summed E-state index contributed by atoms with van der Waals surface area (Å²) in [5.74, 6) is 1.34. The van der Waals surface area contributed by atoms with Crippen molar-refractivity contribution in [2.75, 3.05) is 18.4 Å². The normalized spacial score (nSPS) is 16.8. The maximum Gasteiger partial charge on any atom is 0.241 e. The summed E-state index contributed by atoms with van der Waals surface area (Å²) < 4.78 is 2.07. The van der Waals surface area contributed by atoms with Crippen LogP contribution in [0.4, 0.5) is 5.69 Å². The van der Waals surface area contributed by atoms with Crippen molar-refractivity contribution >= 4 is 28.8 Å². The van der Waals surface area contributed by atoms with Crippen molar-refractivity contribution in [3.63, 3.8) is 0 Å². The zero-order valence-electron chi connectivity index (χ0n) is 17.0. The number of anilines is 1. The fourth-order valence-corrected chi connectivity index (χ4v) is 4.52. The summed E-state index contributed by atoms with van der Waals surface area (Å²) in [7, 11) is 0. The quantitative estimate of drug-likeness (QED) is 0.698. The Morgan fingerprint density at radius 2 is 1.97 bits per heavy atom. The number of hydrogen-bond donors (Lipinski definition) is 1. The van der Waals surface area contributed by atoms with Crippen molar-refractivity contribution in [3.05, 3.63) is 58.5 Å². The molecule has 1 aliphatic heterocycles. The molecule has 7 heteroatoms. The third-order valence-corrected chi connectivity index (χ3v) is 6.14. The average molecular weight is 412 g/mol. The SMILES string of the molecule is Cc1cc(C)c(NC(=O)C(C)N2CCC(c3nnc4ccccn34)CC2)c(Cl)c1. The number of amides is 1. The van der Waals surface area contributed by atoms with Crippen LogP contribution in [0.25, 0.3) is 5.65 Å². The highest BCUT2D eigenvalue weighted by molar-refractivity contribution is 6.34. The Morgan fingerprint density at radius 3 is 2.69 bits per heavy atom. The van der Waals surface area contributed by atoms with Crippen molar-refractivity contribution in [3.8, 4) is 0 Å². The lowest BCUT2D eigenvalue weighted by Gasteiger charge is -2.34. The Hall–Kier alpha value is -2.44. The number of likely N-dealkylation sites (tertiary alicyclic amines) is 1. The summed E-state index contributed by atoms with van der Waals surface area (Å²) in [5, 5.41) is 12.3. The first-order valence-corrected chi connectivity index (χ1v) is 10.4. The van der Waals surface area contributed by atoms with Crippen LogP contribution in [-0.2, 0) is 4.79 Å². The van der Waals surface area contributed by atoms with Gasteiger partial charge >= 0.3 is 0 Å². The van der Waals surface area contributed by atoms with Crippen LogP contribution in [0.1, 0.15) is 42.6 Å².